The van der Waals surface area contributed by atoms with Crippen LogP contribution in [0.15, 0.2) is 48.5 Å². The average Bonchev–Trinajstić information content (AvgIpc) is 3.21. The molecule has 0 aromatic heterocycles. The number of hydrogen-bond acceptors (Lipinski definition) is 3. The highest BCUT2D eigenvalue weighted by atomic mass is 35.5. The van der Waals surface area contributed by atoms with E-state index in [-0.39, 0.29) is 36.1 Å². The molecule has 2 aliphatic rings. The molecule has 2 unspecified atom stereocenters. The van der Waals surface area contributed by atoms with Crippen molar-refractivity contribution in [1.29, 1.82) is 0 Å². The Balaban J connectivity index is 1.27. The number of piperidine rings is 1. The van der Waals surface area contributed by atoms with Crippen molar-refractivity contribution in [2.45, 2.75) is 26.2 Å². The number of rotatable bonds is 5. The minimum absolute atomic E-state index is 0.0219. The number of benzene rings is 2. The molecule has 2 fully saturated rings. The summed E-state index contributed by atoms with van der Waals surface area (Å²) in [5.41, 5.74) is 2.64. The van der Waals surface area contributed by atoms with Gasteiger partial charge in [0.25, 0.3) is 0 Å². The van der Waals surface area contributed by atoms with Crippen molar-refractivity contribution in [3.8, 4) is 0 Å². The predicted molar refractivity (Wildman–Crippen MR) is 129 cm³/mol. The molecule has 0 aliphatic carbocycles. The molecule has 2 aliphatic heterocycles. The van der Waals surface area contributed by atoms with Gasteiger partial charge in [-0.05, 0) is 62.1 Å². The summed E-state index contributed by atoms with van der Waals surface area (Å²) in [4.78, 5) is 41.5. The molecule has 2 aromatic carbocycles. The molecule has 2 saturated heterocycles. The summed E-state index contributed by atoms with van der Waals surface area (Å²) < 4.78 is 0. The largest absolute Gasteiger partial charge is 0.342 e. The number of likely N-dealkylation sites (tertiary alicyclic amines) is 1. The van der Waals surface area contributed by atoms with E-state index in [1.54, 1.807) is 29.2 Å². The summed E-state index contributed by atoms with van der Waals surface area (Å²) in [6.45, 7) is 4.17. The fraction of sp³-hybridized carbons (Fsp3) is 0.400. The lowest BCUT2D eigenvalue weighted by Crippen LogP contribution is -2.46. The Morgan fingerprint density at radius 1 is 1.06 bits per heavy atom. The molecule has 2 heterocycles. The number of carbonyl (C=O) groups excluding carboxylic acids is 3. The third kappa shape index (κ3) is 5.85. The highest BCUT2D eigenvalue weighted by Gasteiger charge is 2.38. The SMILES string of the molecule is Cc1ccc(NC(=O)NCC2CCCN(C(=O)C3CC(=O)N(c4ccc(Cl)cc4)C3)C2)cc1. The van der Waals surface area contributed by atoms with E-state index < -0.39 is 0 Å². The van der Waals surface area contributed by atoms with Gasteiger partial charge in [0, 0.05) is 49.0 Å². The molecule has 33 heavy (non-hydrogen) atoms. The minimum Gasteiger partial charge on any atom is -0.342 e. The maximum absolute atomic E-state index is 13.2. The Morgan fingerprint density at radius 2 is 1.79 bits per heavy atom. The molecule has 8 heteroatoms. The van der Waals surface area contributed by atoms with Crippen LogP contribution in [0.3, 0.4) is 0 Å². The van der Waals surface area contributed by atoms with E-state index in [0.717, 1.165) is 29.8 Å². The van der Waals surface area contributed by atoms with Gasteiger partial charge in [-0.1, -0.05) is 29.3 Å². The number of aryl methyl sites for hydroxylation is 1. The minimum atomic E-state index is -0.343. The molecule has 174 valence electrons. The Hall–Kier alpha value is -3.06. The van der Waals surface area contributed by atoms with Crippen LogP contribution in [0, 0.1) is 18.8 Å². The molecule has 2 N–H and O–H groups in total. The zero-order valence-electron chi connectivity index (χ0n) is 18.7. The van der Waals surface area contributed by atoms with Gasteiger partial charge < -0.3 is 20.4 Å². The second kappa shape index (κ2) is 10.3. The summed E-state index contributed by atoms with van der Waals surface area (Å²) in [5.74, 6) is -0.173. The van der Waals surface area contributed by atoms with E-state index in [0.29, 0.717) is 31.2 Å². The molecule has 2 atom stereocenters. The lowest BCUT2D eigenvalue weighted by atomic mass is 9.96. The average molecular weight is 469 g/mol. The van der Waals surface area contributed by atoms with Crippen molar-refractivity contribution in [2.75, 3.05) is 36.4 Å². The Morgan fingerprint density at radius 3 is 2.52 bits per heavy atom. The first-order chi connectivity index (χ1) is 15.9. The summed E-state index contributed by atoms with van der Waals surface area (Å²) in [5, 5.41) is 6.37. The molecule has 7 nitrogen and oxygen atoms in total. The number of hydrogen-bond donors (Lipinski definition) is 2. The first-order valence-electron chi connectivity index (χ1n) is 11.4. The number of nitrogens with zero attached hydrogens (tertiary/aromatic N) is 2. The molecule has 0 radical (unpaired) electrons. The lowest BCUT2D eigenvalue weighted by Gasteiger charge is -2.34. The summed E-state index contributed by atoms with van der Waals surface area (Å²) >= 11 is 5.95. The highest BCUT2D eigenvalue weighted by molar-refractivity contribution is 6.30. The van der Waals surface area contributed by atoms with E-state index in [1.807, 2.05) is 36.1 Å². The van der Waals surface area contributed by atoms with Crippen LogP contribution >= 0.6 is 11.6 Å². The lowest BCUT2D eigenvalue weighted by molar-refractivity contribution is -0.137. The van der Waals surface area contributed by atoms with Crippen molar-refractivity contribution in [3.63, 3.8) is 0 Å². The van der Waals surface area contributed by atoms with Gasteiger partial charge in [-0.25, -0.2) is 4.79 Å². The fourth-order valence-corrected chi connectivity index (χ4v) is 4.61. The molecule has 0 bridgehead atoms. The van der Waals surface area contributed by atoms with Crippen molar-refractivity contribution in [3.05, 3.63) is 59.1 Å². The van der Waals surface area contributed by atoms with E-state index in [1.165, 1.54) is 0 Å². The van der Waals surface area contributed by atoms with Crippen LogP contribution < -0.4 is 15.5 Å². The van der Waals surface area contributed by atoms with Gasteiger partial charge in [-0.3, -0.25) is 9.59 Å². The quantitative estimate of drug-likeness (QED) is 0.694. The van der Waals surface area contributed by atoms with E-state index in [4.69, 9.17) is 11.6 Å². The monoisotopic (exact) mass is 468 g/mol. The zero-order valence-corrected chi connectivity index (χ0v) is 19.5. The molecule has 2 aromatic rings. The number of amides is 4. The second-order valence-electron chi connectivity index (χ2n) is 8.88. The predicted octanol–water partition coefficient (Wildman–Crippen LogP) is 4.06. The normalized spacial score (nSPS) is 20.6. The van der Waals surface area contributed by atoms with Crippen LogP contribution in [0.1, 0.15) is 24.8 Å². The van der Waals surface area contributed by atoms with Crippen molar-refractivity contribution >= 4 is 40.8 Å². The zero-order chi connectivity index (χ0) is 23.4. The number of urea groups is 1. The van der Waals surface area contributed by atoms with Gasteiger partial charge in [0.05, 0.1) is 5.92 Å². The summed E-state index contributed by atoms with van der Waals surface area (Å²) in [7, 11) is 0. The van der Waals surface area contributed by atoms with Gasteiger partial charge in [-0.15, -0.1) is 0 Å². The number of carbonyl (C=O) groups is 3. The van der Waals surface area contributed by atoms with Crippen LogP contribution in [-0.4, -0.2) is 48.9 Å². The van der Waals surface area contributed by atoms with Crippen LogP contribution in [0.2, 0.25) is 5.02 Å². The van der Waals surface area contributed by atoms with Crippen LogP contribution in [0.25, 0.3) is 0 Å². The number of anilines is 2. The van der Waals surface area contributed by atoms with Crippen molar-refractivity contribution < 1.29 is 14.4 Å². The molecule has 4 amide bonds. The standard InChI is InChI=1S/C25H29ClN4O3/c1-17-4-8-21(9-5-17)28-25(33)27-14-18-3-2-12-29(15-18)24(32)19-13-23(31)30(16-19)22-10-6-20(26)7-11-22/h4-11,18-19H,2-3,12-16H2,1H3,(H2,27,28,33). The van der Waals surface area contributed by atoms with Crippen LogP contribution in [-0.2, 0) is 9.59 Å². The van der Waals surface area contributed by atoms with Gasteiger partial charge in [0.2, 0.25) is 11.8 Å². The van der Waals surface area contributed by atoms with Gasteiger partial charge in [0.1, 0.15) is 0 Å². The first-order valence-corrected chi connectivity index (χ1v) is 11.7. The molecular weight excluding hydrogens is 440 g/mol. The van der Waals surface area contributed by atoms with E-state index in [2.05, 4.69) is 10.6 Å². The maximum atomic E-state index is 13.2. The van der Waals surface area contributed by atoms with E-state index >= 15 is 0 Å². The number of halogens is 1. The Labute approximate surface area is 199 Å². The molecule has 0 saturated carbocycles. The Bertz CT molecular complexity index is 1010. The number of nitrogens with one attached hydrogen (secondary N) is 2. The second-order valence-corrected chi connectivity index (χ2v) is 9.31. The Kier molecular flexibility index (Phi) is 7.18. The van der Waals surface area contributed by atoms with Gasteiger partial charge >= 0.3 is 6.03 Å². The molecular formula is C25H29ClN4O3. The molecule has 0 spiro atoms. The summed E-state index contributed by atoms with van der Waals surface area (Å²) in [6.07, 6.45) is 2.06. The smallest absolute Gasteiger partial charge is 0.319 e. The van der Waals surface area contributed by atoms with Crippen LogP contribution in [0.5, 0.6) is 0 Å². The van der Waals surface area contributed by atoms with Gasteiger partial charge in [-0.2, -0.15) is 0 Å². The fourth-order valence-electron chi connectivity index (χ4n) is 4.48. The van der Waals surface area contributed by atoms with Crippen molar-refractivity contribution in [1.82, 2.24) is 10.2 Å². The van der Waals surface area contributed by atoms with Crippen molar-refractivity contribution in [2.24, 2.45) is 11.8 Å². The van der Waals surface area contributed by atoms with Crippen LogP contribution in [0.4, 0.5) is 16.2 Å². The maximum Gasteiger partial charge on any atom is 0.319 e. The van der Waals surface area contributed by atoms with Gasteiger partial charge in [0.15, 0.2) is 0 Å². The molecule has 4 rings (SSSR count). The third-order valence-electron chi connectivity index (χ3n) is 6.30. The summed E-state index contributed by atoms with van der Waals surface area (Å²) in [6, 6.07) is 14.5. The van der Waals surface area contributed by atoms with E-state index in [9.17, 15) is 14.4 Å². The highest BCUT2D eigenvalue weighted by Crippen LogP contribution is 2.28. The third-order valence-corrected chi connectivity index (χ3v) is 6.56. The first kappa shape index (κ1) is 23.1. The topological polar surface area (TPSA) is 81.8 Å².